The van der Waals surface area contributed by atoms with Gasteiger partial charge in [-0.15, -0.1) is 0 Å². The third-order valence-electron chi connectivity index (χ3n) is 4.73. The van der Waals surface area contributed by atoms with Crippen molar-refractivity contribution in [2.75, 3.05) is 13.1 Å². The molecule has 0 aromatic rings. The maximum absolute atomic E-state index is 12.7. The summed E-state index contributed by atoms with van der Waals surface area (Å²) in [5, 5.41) is 9.32. The first kappa shape index (κ1) is 15.6. The number of nitrogens with two attached hydrogens (primary N) is 1. The number of carboxylic acid groups (broad SMARTS) is 1. The Balaban J connectivity index is 2.14. The second kappa shape index (κ2) is 5.91. The van der Waals surface area contributed by atoms with Crippen molar-refractivity contribution in [2.24, 2.45) is 17.6 Å². The molecule has 4 atom stereocenters. The smallest absolute Gasteiger partial charge is 0.326 e. The molecule has 2 aliphatic heterocycles. The molecule has 0 aromatic carbocycles. The van der Waals surface area contributed by atoms with E-state index in [1.165, 1.54) is 4.90 Å². The molecule has 7 heteroatoms. The number of amides is 3. The lowest BCUT2D eigenvalue weighted by atomic mass is 9.93. The number of hydrogen-bond acceptors (Lipinski definition) is 3. The average molecular weight is 297 g/mol. The third kappa shape index (κ3) is 2.96. The van der Waals surface area contributed by atoms with Crippen molar-refractivity contribution in [1.82, 2.24) is 9.80 Å². The molecule has 7 nitrogen and oxygen atoms in total. The van der Waals surface area contributed by atoms with Gasteiger partial charge >= 0.3 is 12.0 Å². The van der Waals surface area contributed by atoms with Crippen LogP contribution in [0.4, 0.5) is 4.79 Å². The highest BCUT2D eigenvalue weighted by atomic mass is 16.4. The molecule has 2 heterocycles. The SMILES string of the molecule is CC1CCN(C(=O)N2CC(C(N)=O)CCC2C)C1C(=O)O. The molecular formula is C14H23N3O4. The van der Waals surface area contributed by atoms with Gasteiger partial charge in [0, 0.05) is 19.1 Å². The Kier molecular flexibility index (Phi) is 4.39. The molecule has 0 aromatic heterocycles. The second-order valence-electron chi connectivity index (χ2n) is 6.20. The lowest BCUT2D eigenvalue weighted by molar-refractivity contribution is -0.142. The fraction of sp³-hybridized carbons (Fsp3) is 0.786. The highest BCUT2D eigenvalue weighted by Crippen LogP contribution is 2.29. The van der Waals surface area contributed by atoms with Gasteiger partial charge in [0.05, 0.1) is 5.92 Å². The lowest BCUT2D eigenvalue weighted by Crippen LogP contribution is -2.55. The summed E-state index contributed by atoms with van der Waals surface area (Å²) in [4.78, 5) is 38.4. The lowest BCUT2D eigenvalue weighted by Gasteiger charge is -2.40. The van der Waals surface area contributed by atoms with Crippen LogP contribution in [0.3, 0.4) is 0 Å². The Morgan fingerprint density at radius 2 is 1.76 bits per heavy atom. The van der Waals surface area contributed by atoms with Crippen molar-refractivity contribution >= 4 is 17.9 Å². The van der Waals surface area contributed by atoms with Crippen LogP contribution in [0.5, 0.6) is 0 Å². The summed E-state index contributed by atoms with van der Waals surface area (Å²) in [7, 11) is 0. The summed E-state index contributed by atoms with van der Waals surface area (Å²) >= 11 is 0. The van der Waals surface area contributed by atoms with E-state index in [1.807, 2.05) is 13.8 Å². The van der Waals surface area contributed by atoms with Gasteiger partial charge < -0.3 is 20.6 Å². The van der Waals surface area contributed by atoms with E-state index in [0.717, 1.165) is 0 Å². The molecule has 0 saturated carbocycles. The number of carbonyl (C=O) groups excluding carboxylic acids is 2. The largest absolute Gasteiger partial charge is 0.480 e. The summed E-state index contributed by atoms with van der Waals surface area (Å²) in [6.45, 7) is 4.50. The Morgan fingerprint density at radius 1 is 1.10 bits per heavy atom. The third-order valence-corrected chi connectivity index (χ3v) is 4.73. The molecule has 2 aliphatic rings. The zero-order chi connectivity index (χ0) is 15.7. The number of carbonyl (C=O) groups is 3. The molecular weight excluding hydrogens is 274 g/mol. The zero-order valence-electron chi connectivity index (χ0n) is 12.5. The van der Waals surface area contributed by atoms with E-state index >= 15 is 0 Å². The van der Waals surface area contributed by atoms with Gasteiger partial charge in [-0.3, -0.25) is 4.79 Å². The number of hydrogen-bond donors (Lipinski definition) is 2. The summed E-state index contributed by atoms with van der Waals surface area (Å²) < 4.78 is 0. The van der Waals surface area contributed by atoms with Crippen molar-refractivity contribution in [3.8, 4) is 0 Å². The van der Waals surface area contributed by atoms with Crippen LogP contribution in [0, 0.1) is 11.8 Å². The summed E-state index contributed by atoms with van der Waals surface area (Å²) in [5.41, 5.74) is 5.34. The summed E-state index contributed by atoms with van der Waals surface area (Å²) in [6.07, 6.45) is 2.07. The minimum atomic E-state index is -0.968. The van der Waals surface area contributed by atoms with Gasteiger partial charge in [0.25, 0.3) is 0 Å². The van der Waals surface area contributed by atoms with E-state index in [2.05, 4.69) is 0 Å². The van der Waals surface area contributed by atoms with Crippen LogP contribution in [-0.2, 0) is 9.59 Å². The normalized spacial score (nSPS) is 33.0. The second-order valence-corrected chi connectivity index (χ2v) is 6.20. The van der Waals surface area contributed by atoms with E-state index in [0.29, 0.717) is 25.8 Å². The first-order valence-corrected chi connectivity index (χ1v) is 7.42. The summed E-state index contributed by atoms with van der Waals surface area (Å²) in [6, 6.07) is -1.07. The Bertz CT molecular complexity index is 454. The quantitative estimate of drug-likeness (QED) is 0.773. The minimum absolute atomic E-state index is 0.00143. The molecule has 118 valence electrons. The van der Waals surface area contributed by atoms with E-state index in [-0.39, 0.29) is 30.5 Å². The molecule has 2 saturated heterocycles. The number of piperidine rings is 1. The first-order valence-electron chi connectivity index (χ1n) is 7.42. The number of likely N-dealkylation sites (tertiary alicyclic amines) is 2. The van der Waals surface area contributed by atoms with E-state index in [9.17, 15) is 19.5 Å². The number of rotatable bonds is 2. The van der Waals surface area contributed by atoms with Crippen LogP contribution in [0.15, 0.2) is 0 Å². The Labute approximate surface area is 124 Å². The van der Waals surface area contributed by atoms with Gasteiger partial charge in [0.1, 0.15) is 6.04 Å². The van der Waals surface area contributed by atoms with E-state index < -0.39 is 17.9 Å². The van der Waals surface area contributed by atoms with Crippen molar-refractivity contribution in [1.29, 1.82) is 0 Å². The van der Waals surface area contributed by atoms with Crippen molar-refractivity contribution in [2.45, 2.75) is 45.2 Å². The molecule has 2 fully saturated rings. The van der Waals surface area contributed by atoms with Crippen LogP contribution < -0.4 is 5.73 Å². The van der Waals surface area contributed by atoms with Crippen molar-refractivity contribution < 1.29 is 19.5 Å². The van der Waals surface area contributed by atoms with Gasteiger partial charge in [0.2, 0.25) is 5.91 Å². The van der Waals surface area contributed by atoms with Crippen LogP contribution in [0.2, 0.25) is 0 Å². The monoisotopic (exact) mass is 297 g/mol. The molecule has 0 radical (unpaired) electrons. The van der Waals surface area contributed by atoms with Gasteiger partial charge in [-0.2, -0.15) is 0 Å². The molecule has 3 amide bonds. The fourth-order valence-corrected chi connectivity index (χ4v) is 3.31. The molecule has 21 heavy (non-hydrogen) atoms. The van der Waals surface area contributed by atoms with Crippen molar-refractivity contribution in [3.05, 3.63) is 0 Å². The number of urea groups is 1. The Morgan fingerprint density at radius 3 is 2.33 bits per heavy atom. The number of nitrogens with zero attached hydrogens (tertiary/aromatic N) is 2. The molecule has 2 rings (SSSR count). The van der Waals surface area contributed by atoms with Crippen LogP contribution in [-0.4, -0.2) is 58.0 Å². The van der Waals surface area contributed by atoms with Gasteiger partial charge in [-0.1, -0.05) is 6.92 Å². The molecule has 0 spiro atoms. The molecule has 0 bridgehead atoms. The molecule has 4 unspecified atom stereocenters. The predicted octanol–water partition coefficient (Wildman–Crippen LogP) is 0.487. The van der Waals surface area contributed by atoms with Crippen molar-refractivity contribution in [3.63, 3.8) is 0 Å². The molecule has 0 aliphatic carbocycles. The average Bonchev–Trinajstić information content (AvgIpc) is 2.80. The van der Waals surface area contributed by atoms with Gasteiger partial charge in [-0.05, 0) is 32.1 Å². The Hall–Kier alpha value is -1.79. The van der Waals surface area contributed by atoms with E-state index in [1.54, 1.807) is 4.90 Å². The standard InChI is InChI=1S/C14H23N3O4/c1-8-5-6-16(11(8)13(19)20)14(21)17-7-10(12(15)18)4-3-9(17)2/h8-11H,3-7H2,1-2H3,(H2,15,18)(H,19,20). The van der Waals surface area contributed by atoms with E-state index in [4.69, 9.17) is 5.73 Å². The highest BCUT2D eigenvalue weighted by Gasteiger charge is 2.43. The first-order chi connectivity index (χ1) is 9.82. The zero-order valence-corrected chi connectivity index (χ0v) is 12.5. The number of aliphatic carboxylic acids is 1. The fourth-order valence-electron chi connectivity index (χ4n) is 3.31. The van der Waals surface area contributed by atoms with Crippen LogP contribution in [0.25, 0.3) is 0 Å². The minimum Gasteiger partial charge on any atom is -0.480 e. The summed E-state index contributed by atoms with van der Waals surface area (Å²) in [5.74, 6) is -1.76. The van der Waals surface area contributed by atoms with Crippen LogP contribution in [0.1, 0.15) is 33.1 Å². The maximum atomic E-state index is 12.7. The molecule has 3 N–H and O–H groups in total. The predicted molar refractivity (Wildman–Crippen MR) is 75.4 cm³/mol. The number of primary amides is 1. The van der Waals surface area contributed by atoms with Crippen LogP contribution >= 0.6 is 0 Å². The van der Waals surface area contributed by atoms with Gasteiger partial charge in [0.15, 0.2) is 0 Å². The topological polar surface area (TPSA) is 104 Å². The van der Waals surface area contributed by atoms with Gasteiger partial charge in [-0.25, -0.2) is 9.59 Å². The maximum Gasteiger partial charge on any atom is 0.326 e. The highest BCUT2D eigenvalue weighted by molar-refractivity contribution is 5.84. The number of carboxylic acids is 1.